The Morgan fingerprint density at radius 2 is 1.67 bits per heavy atom. The van der Waals surface area contributed by atoms with Crippen molar-refractivity contribution in [2.45, 2.75) is 6.10 Å². The van der Waals surface area contributed by atoms with Crippen molar-refractivity contribution in [1.29, 1.82) is 0 Å². The van der Waals surface area contributed by atoms with Gasteiger partial charge in [0.1, 0.15) is 6.10 Å². The molecule has 0 bridgehead atoms. The van der Waals surface area contributed by atoms with Crippen LogP contribution in [0.5, 0.6) is 0 Å². The largest absolute Gasteiger partial charge is 0.384 e. The predicted molar refractivity (Wildman–Crippen MR) is 86.6 cm³/mol. The molecule has 0 aliphatic carbocycles. The Bertz CT molecular complexity index is 745. The highest BCUT2D eigenvalue weighted by Gasteiger charge is 2.14. The fraction of sp³-hybridized carbons (Fsp3) is 0.167. The lowest BCUT2D eigenvalue weighted by atomic mass is 9.98. The summed E-state index contributed by atoms with van der Waals surface area (Å²) < 4.78 is 0. The summed E-state index contributed by atoms with van der Waals surface area (Å²) in [6.07, 6.45) is 1.09. The van der Waals surface area contributed by atoms with E-state index in [4.69, 9.17) is 0 Å². The Kier molecular flexibility index (Phi) is 3.59. The summed E-state index contributed by atoms with van der Waals surface area (Å²) in [5, 5.41) is 11.7. The lowest BCUT2D eigenvalue weighted by molar-refractivity contribution is 0.221. The Morgan fingerprint density at radius 3 is 2.38 bits per heavy atom. The third-order valence-electron chi connectivity index (χ3n) is 3.68. The van der Waals surface area contributed by atoms with Crippen molar-refractivity contribution in [2.24, 2.45) is 0 Å². The molecule has 3 rings (SSSR count). The van der Waals surface area contributed by atoms with Crippen molar-refractivity contribution in [3.8, 4) is 0 Å². The van der Waals surface area contributed by atoms with Crippen molar-refractivity contribution >= 4 is 16.6 Å². The first kappa shape index (κ1) is 13.6. The number of nitrogens with zero attached hydrogens (tertiary/aromatic N) is 2. The number of hydrogen-bond donors (Lipinski definition) is 1. The zero-order chi connectivity index (χ0) is 14.8. The molecule has 0 radical (unpaired) electrons. The van der Waals surface area contributed by atoms with Crippen LogP contribution in [-0.4, -0.2) is 24.2 Å². The topological polar surface area (TPSA) is 36.4 Å². The third kappa shape index (κ3) is 2.60. The fourth-order valence-corrected chi connectivity index (χ4v) is 2.48. The number of hydrogen-bond acceptors (Lipinski definition) is 3. The maximum absolute atomic E-state index is 10.7. The van der Waals surface area contributed by atoms with Crippen LogP contribution in [0, 0.1) is 0 Å². The van der Waals surface area contributed by atoms with Crippen LogP contribution >= 0.6 is 0 Å². The van der Waals surface area contributed by atoms with E-state index < -0.39 is 6.10 Å². The van der Waals surface area contributed by atoms with Crippen molar-refractivity contribution in [2.75, 3.05) is 19.0 Å². The molecule has 0 fully saturated rings. The molecule has 1 N–H and O–H groups in total. The number of rotatable bonds is 3. The highest BCUT2D eigenvalue weighted by molar-refractivity contribution is 5.82. The van der Waals surface area contributed by atoms with Gasteiger partial charge in [0.05, 0.1) is 5.52 Å². The van der Waals surface area contributed by atoms with Gasteiger partial charge < -0.3 is 10.0 Å². The second-order valence-electron chi connectivity index (χ2n) is 5.31. The molecule has 1 atom stereocenters. The smallest absolute Gasteiger partial charge is 0.106 e. The number of aliphatic hydroxyl groups excluding tert-OH is 1. The van der Waals surface area contributed by atoms with Gasteiger partial charge in [-0.3, -0.25) is 4.98 Å². The van der Waals surface area contributed by atoms with Crippen LogP contribution < -0.4 is 4.90 Å². The van der Waals surface area contributed by atoms with E-state index in [0.717, 1.165) is 27.7 Å². The zero-order valence-corrected chi connectivity index (χ0v) is 12.2. The van der Waals surface area contributed by atoms with Gasteiger partial charge in [-0.15, -0.1) is 0 Å². The molecule has 0 aliphatic heterocycles. The van der Waals surface area contributed by atoms with Crippen molar-refractivity contribution < 1.29 is 5.11 Å². The molecule has 3 heteroatoms. The minimum absolute atomic E-state index is 0.667. The Hall–Kier alpha value is -2.39. The van der Waals surface area contributed by atoms with Gasteiger partial charge in [0, 0.05) is 36.9 Å². The molecule has 0 saturated heterocycles. The Labute approximate surface area is 124 Å². The zero-order valence-electron chi connectivity index (χ0n) is 12.2. The van der Waals surface area contributed by atoms with Gasteiger partial charge in [-0.2, -0.15) is 0 Å². The van der Waals surface area contributed by atoms with Gasteiger partial charge in [-0.1, -0.05) is 36.4 Å². The summed E-state index contributed by atoms with van der Waals surface area (Å²) in [6, 6.07) is 17.8. The van der Waals surface area contributed by atoms with Crippen LogP contribution in [0.15, 0.2) is 60.8 Å². The molecule has 2 aromatic carbocycles. The number of para-hydroxylation sites is 1. The highest BCUT2D eigenvalue weighted by atomic mass is 16.3. The average Bonchev–Trinajstić information content (AvgIpc) is 2.53. The normalized spacial score (nSPS) is 12.3. The summed E-state index contributed by atoms with van der Waals surface area (Å²) in [5.41, 5.74) is 3.68. The van der Waals surface area contributed by atoms with E-state index in [9.17, 15) is 5.11 Å². The molecule has 1 aromatic heterocycles. The minimum atomic E-state index is -0.667. The van der Waals surface area contributed by atoms with Gasteiger partial charge in [0.25, 0.3) is 0 Å². The van der Waals surface area contributed by atoms with E-state index in [2.05, 4.69) is 4.98 Å². The molecule has 1 unspecified atom stereocenters. The number of aromatic nitrogens is 1. The molecule has 0 aliphatic rings. The molecule has 106 valence electrons. The first-order chi connectivity index (χ1) is 10.2. The molecule has 0 amide bonds. The van der Waals surface area contributed by atoms with E-state index in [1.807, 2.05) is 73.6 Å². The first-order valence-corrected chi connectivity index (χ1v) is 6.96. The highest BCUT2D eigenvalue weighted by Crippen LogP contribution is 2.28. The average molecular weight is 278 g/mol. The predicted octanol–water partition coefficient (Wildman–Crippen LogP) is 3.38. The number of anilines is 1. The maximum atomic E-state index is 10.7. The van der Waals surface area contributed by atoms with Crippen molar-refractivity contribution in [3.05, 3.63) is 71.9 Å². The number of fused-ring (bicyclic) bond motifs is 1. The second kappa shape index (κ2) is 5.54. The fourth-order valence-electron chi connectivity index (χ4n) is 2.48. The van der Waals surface area contributed by atoms with E-state index >= 15 is 0 Å². The van der Waals surface area contributed by atoms with Crippen molar-refractivity contribution in [1.82, 2.24) is 4.98 Å². The third-order valence-corrected chi connectivity index (χ3v) is 3.68. The number of benzene rings is 2. The van der Waals surface area contributed by atoms with Crippen LogP contribution in [0.3, 0.4) is 0 Å². The van der Waals surface area contributed by atoms with Crippen LogP contribution in [0.4, 0.5) is 5.69 Å². The van der Waals surface area contributed by atoms with Crippen LogP contribution in [0.2, 0.25) is 0 Å². The van der Waals surface area contributed by atoms with Gasteiger partial charge in [-0.05, 0) is 23.8 Å². The minimum Gasteiger partial charge on any atom is -0.384 e. The quantitative estimate of drug-likeness (QED) is 0.798. The summed E-state index contributed by atoms with van der Waals surface area (Å²) in [6.45, 7) is 0. The van der Waals surface area contributed by atoms with E-state index in [1.54, 1.807) is 6.20 Å². The number of pyridine rings is 1. The Balaban J connectivity index is 2.02. The second-order valence-corrected chi connectivity index (χ2v) is 5.31. The molecule has 3 nitrogen and oxygen atoms in total. The van der Waals surface area contributed by atoms with Gasteiger partial charge in [-0.25, -0.2) is 0 Å². The molecule has 21 heavy (non-hydrogen) atoms. The lowest BCUT2D eigenvalue weighted by Crippen LogP contribution is -2.09. The number of aliphatic hydroxyl groups is 1. The molecular weight excluding hydrogens is 260 g/mol. The monoisotopic (exact) mass is 278 g/mol. The standard InChI is InChI=1S/C18H18N2O/c1-20(2)15-10-8-14(9-11-15)18(21)16-7-3-5-13-6-4-12-19-17(13)16/h3-12,18,21H,1-2H3. The molecule has 0 spiro atoms. The lowest BCUT2D eigenvalue weighted by Gasteiger charge is -2.16. The SMILES string of the molecule is CN(C)c1ccc(C(O)c2cccc3cccnc23)cc1. The van der Waals surface area contributed by atoms with E-state index in [-0.39, 0.29) is 0 Å². The summed E-state index contributed by atoms with van der Waals surface area (Å²) >= 11 is 0. The van der Waals surface area contributed by atoms with Crippen LogP contribution in [0.25, 0.3) is 10.9 Å². The van der Waals surface area contributed by atoms with Crippen LogP contribution in [0.1, 0.15) is 17.2 Å². The Morgan fingerprint density at radius 1 is 0.952 bits per heavy atom. The maximum Gasteiger partial charge on any atom is 0.106 e. The first-order valence-electron chi connectivity index (χ1n) is 6.96. The van der Waals surface area contributed by atoms with Gasteiger partial charge in [0.15, 0.2) is 0 Å². The van der Waals surface area contributed by atoms with Crippen molar-refractivity contribution in [3.63, 3.8) is 0 Å². The van der Waals surface area contributed by atoms with E-state index in [1.165, 1.54) is 0 Å². The summed E-state index contributed by atoms with van der Waals surface area (Å²) in [4.78, 5) is 6.44. The molecule has 3 aromatic rings. The van der Waals surface area contributed by atoms with E-state index in [0.29, 0.717) is 0 Å². The summed E-state index contributed by atoms with van der Waals surface area (Å²) in [7, 11) is 4.00. The van der Waals surface area contributed by atoms with Gasteiger partial charge in [0.2, 0.25) is 0 Å². The van der Waals surface area contributed by atoms with Crippen LogP contribution in [-0.2, 0) is 0 Å². The molecule has 1 heterocycles. The molecular formula is C18H18N2O. The molecule has 0 saturated carbocycles. The van der Waals surface area contributed by atoms with Gasteiger partial charge >= 0.3 is 0 Å². The summed E-state index contributed by atoms with van der Waals surface area (Å²) in [5.74, 6) is 0.